The molecule has 1 aromatic rings. The first kappa shape index (κ1) is 12.6. The summed E-state index contributed by atoms with van der Waals surface area (Å²) in [5.41, 5.74) is 0.00241. The van der Waals surface area contributed by atoms with Crippen LogP contribution in [0.1, 0.15) is 11.5 Å². The minimum absolute atomic E-state index is 0.00241. The molecule has 0 fully saturated rings. The van der Waals surface area contributed by atoms with Crippen LogP contribution in [0.2, 0.25) is 0 Å². The van der Waals surface area contributed by atoms with Crippen LogP contribution in [0, 0.1) is 11.6 Å². The minimum Gasteiger partial charge on any atom is -0.481 e. The highest BCUT2D eigenvalue weighted by atomic mass is 19.1. The predicted molar refractivity (Wildman–Crippen MR) is 55.3 cm³/mol. The van der Waals surface area contributed by atoms with Gasteiger partial charge < -0.3 is 10.0 Å². The molecule has 0 amide bonds. The maximum absolute atomic E-state index is 13.4. The summed E-state index contributed by atoms with van der Waals surface area (Å²) in [4.78, 5) is 12.6. The summed E-state index contributed by atoms with van der Waals surface area (Å²) in [7, 11) is 3.38. The molecule has 16 heavy (non-hydrogen) atoms. The molecule has 0 aliphatic rings. The van der Waals surface area contributed by atoms with Crippen molar-refractivity contribution in [1.29, 1.82) is 0 Å². The van der Waals surface area contributed by atoms with Gasteiger partial charge in [-0.3, -0.25) is 4.79 Å². The van der Waals surface area contributed by atoms with Crippen molar-refractivity contribution in [2.75, 3.05) is 20.6 Å². The van der Waals surface area contributed by atoms with E-state index < -0.39 is 23.5 Å². The molecule has 0 heterocycles. The molecule has 5 heteroatoms. The molecule has 0 aliphatic carbocycles. The third-order valence-corrected chi connectivity index (χ3v) is 2.18. The molecule has 0 saturated heterocycles. The van der Waals surface area contributed by atoms with Gasteiger partial charge in [0.1, 0.15) is 11.6 Å². The van der Waals surface area contributed by atoms with Crippen LogP contribution in [0.15, 0.2) is 18.2 Å². The number of carboxylic acid groups (broad SMARTS) is 1. The molecule has 1 unspecified atom stereocenters. The van der Waals surface area contributed by atoms with E-state index in [-0.39, 0.29) is 12.1 Å². The van der Waals surface area contributed by atoms with Crippen LogP contribution in [0.4, 0.5) is 8.78 Å². The average molecular weight is 229 g/mol. The van der Waals surface area contributed by atoms with Crippen LogP contribution in [0.25, 0.3) is 0 Å². The van der Waals surface area contributed by atoms with Crippen molar-refractivity contribution in [3.05, 3.63) is 35.4 Å². The van der Waals surface area contributed by atoms with Gasteiger partial charge in [-0.15, -0.1) is 0 Å². The molecule has 3 nitrogen and oxygen atoms in total. The Morgan fingerprint density at radius 1 is 1.44 bits per heavy atom. The number of carboxylic acids is 1. The van der Waals surface area contributed by atoms with Crippen molar-refractivity contribution in [2.24, 2.45) is 0 Å². The fourth-order valence-electron chi connectivity index (χ4n) is 1.46. The van der Waals surface area contributed by atoms with Gasteiger partial charge in [-0.25, -0.2) is 8.78 Å². The van der Waals surface area contributed by atoms with Gasteiger partial charge in [0.15, 0.2) is 0 Å². The Morgan fingerprint density at radius 2 is 2.06 bits per heavy atom. The lowest BCUT2D eigenvalue weighted by Gasteiger charge is -2.18. The second-order valence-electron chi connectivity index (χ2n) is 3.82. The maximum Gasteiger partial charge on any atom is 0.312 e. The highest BCUT2D eigenvalue weighted by molar-refractivity contribution is 5.76. The SMILES string of the molecule is CN(C)CC(C(=O)O)c1ccc(F)cc1F. The Hall–Kier alpha value is -1.49. The number of hydrogen-bond donors (Lipinski definition) is 1. The molecular formula is C11H13F2NO2. The highest BCUT2D eigenvalue weighted by Crippen LogP contribution is 2.21. The van der Waals surface area contributed by atoms with Crippen LogP contribution in [-0.2, 0) is 4.79 Å². The summed E-state index contributed by atoms with van der Waals surface area (Å²) in [5, 5.41) is 8.98. The number of halogens is 2. The van der Waals surface area contributed by atoms with Gasteiger partial charge in [0.25, 0.3) is 0 Å². The van der Waals surface area contributed by atoms with Crippen LogP contribution >= 0.6 is 0 Å². The highest BCUT2D eigenvalue weighted by Gasteiger charge is 2.23. The van der Waals surface area contributed by atoms with Crippen LogP contribution < -0.4 is 0 Å². The van der Waals surface area contributed by atoms with Crippen molar-refractivity contribution < 1.29 is 18.7 Å². The van der Waals surface area contributed by atoms with Gasteiger partial charge in [0.05, 0.1) is 5.92 Å². The van der Waals surface area contributed by atoms with Crippen molar-refractivity contribution >= 4 is 5.97 Å². The molecule has 0 aliphatic heterocycles. The first-order chi connectivity index (χ1) is 7.41. The van der Waals surface area contributed by atoms with Gasteiger partial charge in [-0.1, -0.05) is 6.07 Å². The number of rotatable bonds is 4. The van der Waals surface area contributed by atoms with E-state index in [1.807, 2.05) is 0 Å². The molecular weight excluding hydrogens is 216 g/mol. The number of carbonyl (C=O) groups is 1. The van der Waals surface area contributed by atoms with Crippen LogP contribution in [-0.4, -0.2) is 36.6 Å². The summed E-state index contributed by atoms with van der Waals surface area (Å²) >= 11 is 0. The van der Waals surface area contributed by atoms with E-state index in [1.165, 1.54) is 6.07 Å². The van der Waals surface area contributed by atoms with E-state index in [9.17, 15) is 13.6 Å². The standard InChI is InChI=1S/C11H13F2NO2/c1-14(2)6-9(11(15)16)8-4-3-7(12)5-10(8)13/h3-5,9H,6H2,1-2H3,(H,15,16). The van der Waals surface area contributed by atoms with Crippen LogP contribution in [0.3, 0.4) is 0 Å². The number of benzene rings is 1. The summed E-state index contributed by atoms with van der Waals surface area (Å²) in [6.45, 7) is 0.165. The third-order valence-electron chi connectivity index (χ3n) is 2.18. The van der Waals surface area contributed by atoms with E-state index in [2.05, 4.69) is 0 Å². The Bertz CT molecular complexity index is 394. The number of nitrogens with zero attached hydrogens (tertiary/aromatic N) is 1. The predicted octanol–water partition coefficient (Wildman–Crippen LogP) is 1.69. The number of aliphatic carboxylic acids is 1. The Balaban J connectivity index is 3.06. The van der Waals surface area contributed by atoms with E-state index in [0.29, 0.717) is 6.07 Å². The van der Waals surface area contributed by atoms with Gasteiger partial charge in [0.2, 0.25) is 0 Å². The normalized spacial score (nSPS) is 12.8. The molecule has 0 aromatic heterocycles. The zero-order chi connectivity index (χ0) is 12.3. The average Bonchev–Trinajstić information content (AvgIpc) is 2.14. The largest absolute Gasteiger partial charge is 0.481 e. The summed E-state index contributed by atoms with van der Waals surface area (Å²) < 4.78 is 26.1. The summed E-state index contributed by atoms with van der Waals surface area (Å²) in [6.07, 6.45) is 0. The lowest BCUT2D eigenvalue weighted by Crippen LogP contribution is -2.26. The topological polar surface area (TPSA) is 40.5 Å². The first-order valence-electron chi connectivity index (χ1n) is 4.74. The molecule has 1 N–H and O–H groups in total. The summed E-state index contributed by atoms with van der Waals surface area (Å²) in [6, 6.07) is 2.93. The number of hydrogen-bond acceptors (Lipinski definition) is 2. The summed E-state index contributed by atoms with van der Waals surface area (Å²) in [5.74, 6) is -3.65. The van der Waals surface area contributed by atoms with E-state index in [1.54, 1.807) is 19.0 Å². The fourth-order valence-corrected chi connectivity index (χ4v) is 1.46. The van der Waals surface area contributed by atoms with Gasteiger partial charge in [0, 0.05) is 18.2 Å². The number of likely N-dealkylation sites (N-methyl/N-ethyl adjacent to an activating group) is 1. The molecule has 0 saturated carbocycles. The van der Waals surface area contributed by atoms with Crippen LogP contribution in [0.5, 0.6) is 0 Å². The molecule has 1 atom stereocenters. The Labute approximate surface area is 92.3 Å². The van der Waals surface area contributed by atoms with Crippen molar-refractivity contribution in [2.45, 2.75) is 5.92 Å². The molecule has 0 spiro atoms. The monoisotopic (exact) mass is 229 g/mol. The van der Waals surface area contributed by atoms with Crippen molar-refractivity contribution in [1.82, 2.24) is 4.90 Å². The molecule has 1 rings (SSSR count). The Kier molecular flexibility index (Phi) is 3.95. The lowest BCUT2D eigenvalue weighted by atomic mass is 9.98. The van der Waals surface area contributed by atoms with Gasteiger partial charge >= 0.3 is 5.97 Å². The van der Waals surface area contributed by atoms with E-state index >= 15 is 0 Å². The molecule has 1 aromatic carbocycles. The lowest BCUT2D eigenvalue weighted by molar-refractivity contribution is -0.139. The van der Waals surface area contributed by atoms with Gasteiger partial charge in [-0.2, -0.15) is 0 Å². The second kappa shape index (κ2) is 5.03. The smallest absolute Gasteiger partial charge is 0.312 e. The maximum atomic E-state index is 13.4. The zero-order valence-electron chi connectivity index (χ0n) is 9.08. The first-order valence-corrected chi connectivity index (χ1v) is 4.74. The fraction of sp³-hybridized carbons (Fsp3) is 0.364. The van der Waals surface area contributed by atoms with Gasteiger partial charge in [-0.05, 0) is 20.2 Å². The molecule has 88 valence electrons. The third kappa shape index (κ3) is 3.00. The zero-order valence-corrected chi connectivity index (χ0v) is 9.08. The Morgan fingerprint density at radius 3 is 2.50 bits per heavy atom. The van der Waals surface area contributed by atoms with Crippen molar-refractivity contribution in [3.8, 4) is 0 Å². The van der Waals surface area contributed by atoms with Crippen molar-refractivity contribution in [3.63, 3.8) is 0 Å². The molecule has 0 radical (unpaired) electrons. The van der Waals surface area contributed by atoms with E-state index in [0.717, 1.165) is 6.07 Å². The van der Waals surface area contributed by atoms with E-state index in [4.69, 9.17) is 5.11 Å². The minimum atomic E-state index is -1.13. The quantitative estimate of drug-likeness (QED) is 0.854. The molecule has 0 bridgehead atoms. The second-order valence-corrected chi connectivity index (χ2v) is 3.82.